The highest BCUT2D eigenvalue weighted by molar-refractivity contribution is 7.95. The maximum absolute atomic E-state index is 12.4. The van der Waals surface area contributed by atoms with E-state index in [2.05, 4.69) is 20.4 Å². The smallest absolute Gasteiger partial charge is 0.213 e. The molecule has 2 heterocycles. The standard InChI is InChI=1S/C10H10N4O2S3/c15-19(16,9-13-11-7(17-9)5-1-2-5)10-14-12-8(18-10)6-3-4-6/h5-6H,1-4H2. The van der Waals surface area contributed by atoms with Crippen molar-refractivity contribution < 1.29 is 8.42 Å². The molecular weight excluding hydrogens is 304 g/mol. The van der Waals surface area contributed by atoms with E-state index in [1.807, 2.05) is 0 Å². The van der Waals surface area contributed by atoms with Crippen molar-refractivity contribution in [3.05, 3.63) is 10.0 Å². The summed E-state index contributed by atoms with van der Waals surface area (Å²) >= 11 is 2.33. The van der Waals surface area contributed by atoms with Crippen molar-refractivity contribution in [1.82, 2.24) is 20.4 Å². The molecule has 9 heteroatoms. The molecule has 0 amide bonds. The molecule has 2 saturated carbocycles. The average molecular weight is 314 g/mol. The highest BCUT2D eigenvalue weighted by Crippen LogP contribution is 2.44. The average Bonchev–Trinajstić information content (AvgIpc) is 3.32. The number of hydrogen-bond acceptors (Lipinski definition) is 8. The van der Waals surface area contributed by atoms with E-state index >= 15 is 0 Å². The molecule has 2 aliphatic rings. The van der Waals surface area contributed by atoms with E-state index in [0.29, 0.717) is 11.8 Å². The van der Waals surface area contributed by atoms with Crippen LogP contribution in [0, 0.1) is 0 Å². The highest BCUT2D eigenvalue weighted by Gasteiger charge is 2.34. The van der Waals surface area contributed by atoms with Crippen LogP contribution in [0.1, 0.15) is 47.5 Å². The Morgan fingerprint density at radius 2 is 1.21 bits per heavy atom. The first-order chi connectivity index (χ1) is 9.14. The SMILES string of the molecule is O=S(=O)(c1nnc(C2CC2)s1)c1nnc(C2CC2)s1. The normalized spacial score (nSPS) is 19.8. The molecule has 0 N–H and O–H groups in total. The van der Waals surface area contributed by atoms with E-state index < -0.39 is 9.84 Å². The van der Waals surface area contributed by atoms with Crippen LogP contribution in [0.3, 0.4) is 0 Å². The fourth-order valence-corrected chi connectivity index (χ4v) is 5.68. The summed E-state index contributed by atoms with van der Waals surface area (Å²) in [6.07, 6.45) is 4.33. The third-order valence-electron chi connectivity index (χ3n) is 3.16. The fraction of sp³-hybridized carbons (Fsp3) is 0.600. The van der Waals surface area contributed by atoms with Gasteiger partial charge in [0, 0.05) is 11.8 Å². The lowest BCUT2D eigenvalue weighted by molar-refractivity contribution is 0.592. The molecular formula is C10H10N4O2S3. The van der Waals surface area contributed by atoms with Crippen molar-refractivity contribution in [3.63, 3.8) is 0 Å². The molecule has 0 aromatic carbocycles. The maximum atomic E-state index is 12.4. The lowest BCUT2D eigenvalue weighted by Gasteiger charge is -1.91. The minimum atomic E-state index is -3.62. The van der Waals surface area contributed by atoms with Crippen molar-refractivity contribution in [3.8, 4) is 0 Å². The first kappa shape index (κ1) is 11.9. The summed E-state index contributed by atoms with van der Waals surface area (Å²) < 4.78 is 24.8. The molecule has 0 radical (unpaired) electrons. The number of nitrogens with zero attached hydrogens (tertiary/aromatic N) is 4. The van der Waals surface area contributed by atoms with Gasteiger partial charge >= 0.3 is 0 Å². The van der Waals surface area contributed by atoms with Crippen LogP contribution >= 0.6 is 22.7 Å². The zero-order chi connectivity index (χ0) is 13.0. The number of hydrogen-bond donors (Lipinski definition) is 0. The quantitative estimate of drug-likeness (QED) is 0.857. The first-order valence-electron chi connectivity index (χ1n) is 6.06. The Hall–Kier alpha value is -0.930. The van der Waals surface area contributed by atoms with Crippen LogP contribution in [0.5, 0.6) is 0 Å². The van der Waals surface area contributed by atoms with E-state index in [9.17, 15) is 8.42 Å². The molecule has 0 saturated heterocycles. The van der Waals surface area contributed by atoms with Crippen molar-refractivity contribution in [2.45, 2.75) is 46.2 Å². The molecule has 4 rings (SSSR count). The van der Waals surface area contributed by atoms with E-state index in [1.54, 1.807) is 0 Å². The first-order valence-corrected chi connectivity index (χ1v) is 9.18. The summed E-state index contributed by atoms with van der Waals surface area (Å²) in [5.41, 5.74) is 0. The number of aromatic nitrogens is 4. The van der Waals surface area contributed by atoms with Gasteiger partial charge in [-0.2, -0.15) is 0 Å². The molecule has 100 valence electrons. The van der Waals surface area contributed by atoms with Crippen molar-refractivity contribution in [2.24, 2.45) is 0 Å². The van der Waals surface area contributed by atoms with Gasteiger partial charge < -0.3 is 0 Å². The van der Waals surface area contributed by atoms with Crippen LogP contribution < -0.4 is 0 Å². The van der Waals surface area contributed by atoms with Gasteiger partial charge in [0.2, 0.25) is 8.68 Å². The molecule has 0 aliphatic heterocycles. The largest absolute Gasteiger partial charge is 0.264 e. The Kier molecular flexibility index (Phi) is 2.52. The molecule has 19 heavy (non-hydrogen) atoms. The Labute approximate surface area is 117 Å². The summed E-state index contributed by atoms with van der Waals surface area (Å²) in [7, 11) is -3.62. The van der Waals surface area contributed by atoms with Crippen LogP contribution in [-0.2, 0) is 9.84 Å². The van der Waals surface area contributed by atoms with Gasteiger partial charge in [0.15, 0.2) is 0 Å². The van der Waals surface area contributed by atoms with Gasteiger partial charge in [0.1, 0.15) is 10.0 Å². The number of rotatable bonds is 4. The predicted molar refractivity (Wildman–Crippen MR) is 69.2 cm³/mol. The molecule has 6 nitrogen and oxygen atoms in total. The van der Waals surface area contributed by atoms with Gasteiger partial charge in [-0.25, -0.2) is 8.42 Å². The van der Waals surface area contributed by atoms with Crippen molar-refractivity contribution >= 4 is 32.5 Å². The van der Waals surface area contributed by atoms with Crippen LogP contribution in [0.4, 0.5) is 0 Å². The van der Waals surface area contributed by atoms with Gasteiger partial charge in [-0.1, -0.05) is 22.7 Å². The summed E-state index contributed by atoms with van der Waals surface area (Å²) in [5, 5.41) is 17.2. The molecule has 0 unspecified atom stereocenters. The summed E-state index contributed by atoms with van der Waals surface area (Å²) in [5.74, 6) is 0.829. The topological polar surface area (TPSA) is 85.7 Å². The molecule has 2 aromatic heterocycles. The van der Waals surface area contributed by atoms with Crippen LogP contribution in [0.15, 0.2) is 8.68 Å². The van der Waals surface area contributed by atoms with Gasteiger partial charge in [0.25, 0.3) is 9.84 Å². The van der Waals surface area contributed by atoms with Gasteiger partial charge in [0.05, 0.1) is 0 Å². The van der Waals surface area contributed by atoms with Crippen LogP contribution in [0.2, 0.25) is 0 Å². The maximum Gasteiger partial charge on any atom is 0.264 e. The third-order valence-corrected chi connectivity index (χ3v) is 7.82. The minimum Gasteiger partial charge on any atom is -0.213 e. The molecule has 0 spiro atoms. The fourth-order valence-electron chi connectivity index (χ4n) is 1.72. The van der Waals surface area contributed by atoms with Crippen molar-refractivity contribution in [2.75, 3.05) is 0 Å². The Bertz CT molecular complexity index is 671. The lowest BCUT2D eigenvalue weighted by Crippen LogP contribution is -2.00. The van der Waals surface area contributed by atoms with E-state index in [0.717, 1.165) is 35.7 Å². The second kappa shape index (κ2) is 4.03. The predicted octanol–water partition coefficient (Wildman–Crippen LogP) is 1.98. The molecule has 0 bridgehead atoms. The monoisotopic (exact) mass is 314 g/mol. The number of sulfone groups is 1. The Balaban J connectivity index is 1.69. The molecule has 2 fully saturated rings. The second-order valence-electron chi connectivity index (χ2n) is 4.86. The summed E-state index contributed by atoms with van der Waals surface area (Å²) in [4.78, 5) is 0. The Morgan fingerprint density at radius 1 is 0.789 bits per heavy atom. The second-order valence-corrected chi connectivity index (χ2v) is 9.18. The van der Waals surface area contributed by atoms with Gasteiger partial charge in [-0.3, -0.25) is 0 Å². The van der Waals surface area contributed by atoms with Crippen LogP contribution in [0.25, 0.3) is 0 Å². The zero-order valence-corrected chi connectivity index (χ0v) is 12.3. The minimum absolute atomic E-state index is 0.0490. The summed E-state index contributed by atoms with van der Waals surface area (Å²) in [6.45, 7) is 0. The summed E-state index contributed by atoms with van der Waals surface area (Å²) in [6, 6.07) is 0. The van der Waals surface area contributed by atoms with Crippen LogP contribution in [-0.4, -0.2) is 28.8 Å². The van der Waals surface area contributed by atoms with E-state index in [-0.39, 0.29) is 8.68 Å². The highest BCUT2D eigenvalue weighted by atomic mass is 32.3. The van der Waals surface area contributed by atoms with Gasteiger partial charge in [-0.15, -0.1) is 20.4 Å². The van der Waals surface area contributed by atoms with Crippen molar-refractivity contribution in [1.29, 1.82) is 0 Å². The zero-order valence-electron chi connectivity index (χ0n) is 9.81. The van der Waals surface area contributed by atoms with E-state index in [4.69, 9.17) is 0 Å². The molecule has 2 aliphatic carbocycles. The molecule has 0 atom stereocenters. The van der Waals surface area contributed by atoms with E-state index in [1.165, 1.54) is 22.7 Å². The molecule has 2 aromatic rings. The Morgan fingerprint density at radius 3 is 1.58 bits per heavy atom. The van der Waals surface area contributed by atoms with Gasteiger partial charge in [-0.05, 0) is 25.7 Å². The lowest BCUT2D eigenvalue weighted by atomic mass is 10.5. The third kappa shape index (κ3) is 2.09.